The zero-order valence-electron chi connectivity index (χ0n) is 42.4. The van der Waals surface area contributed by atoms with E-state index in [9.17, 15) is 5.11 Å². The van der Waals surface area contributed by atoms with Crippen molar-refractivity contribution in [3.8, 4) is 118 Å². The van der Waals surface area contributed by atoms with Crippen LogP contribution in [0.2, 0.25) is 0 Å². The number of rotatable bonds is 9. The van der Waals surface area contributed by atoms with E-state index in [0.29, 0.717) is 105 Å². The maximum absolute atomic E-state index is 10.5. The normalized spacial score (nSPS) is 13.5. The Hall–Kier alpha value is -5.50. The zero-order valence-corrected chi connectivity index (χ0v) is 47.3. The van der Waals surface area contributed by atoms with Crippen molar-refractivity contribution in [2.24, 2.45) is 0 Å². The molecule has 2 aromatic carbocycles. The molecule has 0 spiro atoms. The standard InChI is InChI=1S/C36H30O12S6.C12H12.3C2H6/c1-14-16-20(42-6-5-41-16)31(50-14)34-24-26(48-12-10-46-24)36(54-34)35-25-23(45-9-11-47-25)33(53-35)29-19(40-4)18(39-3)28(51-29)32-22-21(43-7-8-44-22)30(52-32)27-17(38-2)15(37)13-49-27;1-2-10-7-8-11-5-3-4-6-12(11)9-10;3*1-2/h13,37H,5-12H2,1-4H3;3-9H,2H2,1H3;3*1-2H3. The Morgan fingerprint density at radius 3 is 1.19 bits per heavy atom. The first-order chi connectivity index (χ1) is 35.4. The summed E-state index contributed by atoms with van der Waals surface area (Å²) in [6, 6.07) is 15.1. The highest BCUT2D eigenvalue weighted by molar-refractivity contribution is 7.31. The van der Waals surface area contributed by atoms with Crippen LogP contribution in [0.5, 0.6) is 69.0 Å². The van der Waals surface area contributed by atoms with Gasteiger partial charge in [-0.1, -0.05) is 90.9 Å². The Morgan fingerprint density at radius 1 is 0.431 bits per heavy atom. The van der Waals surface area contributed by atoms with Crippen LogP contribution in [0.25, 0.3) is 59.5 Å². The largest absolute Gasteiger partial charge is 0.504 e. The summed E-state index contributed by atoms with van der Waals surface area (Å²) in [6.07, 6.45) is 1.12. The van der Waals surface area contributed by atoms with Gasteiger partial charge in [0.05, 0.1) is 70.1 Å². The molecule has 0 fully saturated rings. The van der Waals surface area contributed by atoms with Crippen molar-refractivity contribution in [2.45, 2.75) is 61.8 Å². The molecule has 1 N–H and O–H groups in total. The predicted molar refractivity (Wildman–Crippen MR) is 298 cm³/mol. The number of fused-ring (bicyclic) bond motifs is 5. The van der Waals surface area contributed by atoms with Crippen LogP contribution in [-0.4, -0.2) is 79.3 Å². The van der Waals surface area contributed by atoms with Crippen molar-refractivity contribution in [3.05, 3.63) is 58.3 Å². The molecular weight excluding hydrogens is 1030 g/mol. The molecule has 0 radical (unpaired) electrons. The zero-order chi connectivity index (χ0) is 51.1. The fourth-order valence-electron chi connectivity index (χ4n) is 8.21. The van der Waals surface area contributed by atoms with E-state index in [2.05, 4.69) is 49.4 Å². The highest BCUT2D eigenvalue weighted by atomic mass is 32.1. The van der Waals surface area contributed by atoms with Crippen molar-refractivity contribution in [2.75, 3.05) is 74.2 Å². The molecule has 6 aromatic heterocycles. The summed E-state index contributed by atoms with van der Waals surface area (Å²) in [5.41, 5.74) is 1.41. The summed E-state index contributed by atoms with van der Waals surface area (Å²) in [5.74, 6) is 6.93. The second-order valence-corrected chi connectivity index (χ2v) is 21.2. The first kappa shape index (κ1) is 52.8. The Labute approximate surface area is 445 Å². The van der Waals surface area contributed by atoms with Gasteiger partial charge in [0, 0.05) is 10.3 Å². The van der Waals surface area contributed by atoms with Crippen LogP contribution in [-0.2, 0) is 6.42 Å². The van der Waals surface area contributed by atoms with E-state index in [1.165, 1.54) is 57.5 Å². The first-order valence-electron chi connectivity index (χ1n) is 24.1. The van der Waals surface area contributed by atoms with Crippen LogP contribution in [0.15, 0.2) is 47.8 Å². The average Bonchev–Trinajstić information content (AvgIpc) is 4.32. The highest BCUT2D eigenvalue weighted by Crippen LogP contribution is 2.67. The molecule has 0 saturated heterocycles. The molecule has 12 rings (SSSR count). The van der Waals surface area contributed by atoms with Crippen molar-refractivity contribution in [3.63, 3.8) is 0 Å². The fourth-order valence-corrected chi connectivity index (χ4v) is 15.6. The molecule has 8 aromatic rings. The van der Waals surface area contributed by atoms with E-state index in [-0.39, 0.29) is 5.75 Å². The van der Waals surface area contributed by atoms with Crippen LogP contribution >= 0.6 is 68.0 Å². The van der Waals surface area contributed by atoms with Gasteiger partial charge in [-0.05, 0) is 29.7 Å². The number of hydrogen-bond donors (Lipinski definition) is 1. The monoisotopic (exact) mass is 1090 g/mol. The molecule has 0 unspecified atom stereocenters. The number of ether oxygens (including phenoxy) is 11. The minimum atomic E-state index is 0.0689. The lowest BCUT2D eigenvalue weighted by molar-refractivity contribution is 0.171. The topological polar surface area (TPSA) is 122 Å². The number of benzene rings is 2. The summed E-state index contributed by atoms with van der Waals surface area (Å²) in [5, 5.41) is 14.8. The SMILES string of the molecule is CC.CC.CC.CCc1ccc2ccccc2c1.COc1c(O)csc1-c1sc(-c2sc(-c3sc(-c4sc(-c5sc(C)c6c5OCCO6)c5c4OCCO5)c4c3OCCO4)c(OC)c2OC)c2c1OCCO2. The third-order valence-corrected chi connectivity index (χ3v) is 18.6. The van der Waals surface area contributed by atoms with E-state index in [0.717, 1.165) is 71.6 Å². The molecule has 0 bridgehead atoms. The molecular formula is C54H60O12S6. The summed E-state index contributed by atoms with van der Waals surface area (Å²) in [4.78, 5) is 9.48. The molecule has 0 amide bonds. The lowest BCUT2D eigenvalue weighted by Gasteiger charge is -2.19. The van der Waals surface area contributed by atoms with Crippen molar-refractivity contribution < 1.29 is 57.2 Å². The van der Waals surface area contributed by atoms with E-state index in [4.69, 9.17) is 52.1 Å². The maximum Gasteiger partial charge on any atom is 0.181 e. The molecule has 384 valence electrons. The van der Waals surface area contributed by atoms with Crippen molar-refractivity contribution in [1.82, 2.24) is 0 Å². The molecule has 0 aliphatic carbocycles. The first-order valence-corrected chi connectivity index (χ1v) is 29.1. The third-order valence-electron chi connectivity index (χ3n) is 11.2. The van der Waals surface area contributed by atoms with Crippen LogP contribution in [0.1, 0.15) is 58.9 Å². The number of hydrogen-bond acceptors (Lipinski definition) is 18. The molecule has 72 heavy (non-hydrogen) atoms. The fraction of sp³-hybridized carbons (Fsp3) is 0.370. The summed E-state index contributed by atoms with van der Waals surface area (Å²) in [6.45, 7) is 19.7. The van der Waals surface area contributed by atoms with Gasteiger partial charge in [-0.15, -0.1) is 68.0 Å². The predicted octanol–water partition coefficient (Wildman–Crippen LogP) is 16.0. The maximum atomic E-state index is 10.5. The Kier molecular flexibility index (Phi) is 17.6. The molecule has 4 aliphatic rings. The smallest absolute Gasteiger partial charge is 0.181 e. The van der Waals surface area contributed by atoms with Crippen LogP contribution in [0.4, 0.5) is 0 Å². The molecule has 0 atom stereocenters. The summed E-state index contributed by atoms with van der Waals surface area (Å²) < 4.78 is 67.9. The van der Waals surface area contributed by atoms with E-state index in [1.54, 1.807) is 53.6 Å². The second kappa shape index (κ2) is 24.0. The van der Waals surface area contributed by atoms with Gasteiger partial charge in [-0.3, -0.25) is 0 Å². The second-order valence-electron chi connectivity index (χ2n) is 15.0. The van der Waals surface area contributed by atoms with Crippen molar-refractivity contribution in [1.29, 1.82) is 0 Å². The number of aromatic hydroxyl groups is 1. The molecule has 10 heterocycles. The lowest BCUT2D eigenvalue weighted by Crippen LogP contribution is -2.16. The van der Waals surface area contributed by atoms with Gasteiger partial charge in [0.1, 0.15) is 52.9 Å². The molecule has 18 heteroatoms. The van der Waals surface area contributed by atoms with Crippen molar-refractivity contribution >= 4 is 78.8 Å². The Balaban J connectivity index is 0.000000330. The van der Waals surface area contributed by atoms with E-state index < -0.39 is 0 Å². The van der Waals surface area contributed by atoms with Crippen LogP contribution in [0, 0.1) is 6.92 Å². The van der Waals surface area contributed by atoms with Crippen LogP contribution in [0.3, 0.4) is 0 Å². The number of thiophene rings is 6. The van der Waals surface area contributed by atoms with Gasteiger partial charge in [0.2, 0.25) is 0 Å². The van der Waals surface area contributed by atoms with Gasteiger partial charge in [0.15, 0.2) is 69.0 Å². The quantitative estimate of drug-likeness (QED) is 0.148. The third kappa shape index (κ3) is 9.73. The number of methoxy groups -OCH3 is 3. The Morgan fingerprint density at radius 2 is 0.778 bits per heavy atom. The minimum Gasteiger partial charge on any atom is -0.504 e. The molecule has 4 aliphatic heterocycles. The highest BCUT2D eigenvalue weighted by Gasteiger charge is 2.39. The summed E-state index contributed by atoms with van der Waals surface area (Å²) >= 11 is 9.12. The summed E-state index contributed by atoms with van der Waals surface area (Å²) in [7, 11) is 4.80. The van der Waals surface area contributed by atoms with Gasteiger partial charge in [0.25, 0.3) is 0 Å². The number of aryl methyl sites for hydroxylation is 2. The minimum absolute atomic E-state index is 0.0689. The van der Waals surface area contributed by atoms with Gasteiger partial charge in [-0.25, -0.2) is 0 Å². The van der Waals surface area contributed by atoms with E-state index >= 15 is 0 Å². The Bertz CT molecular complexity index is 3110. The van der Waals surface area contributed by atoms with E-state index in [1.807, 2.05) is 48.5 Å². The average molecular weight is 1090 g/mol. The molecule has 12 nitrogen and oxygen atoms in total. The van der Waals surface area contributed by atoms with Crippen LogP contribution < -0.4 is 52.1 Å². The van der Waals surface area contributed by atoms with Gasteiger partial charge in [-0.2, -0.15) is 0 Å². The van der Waals surface area contributed by atoms with Gasteiger partial charge < -0.3 is 57.2 Å². The molecule has 0 saturated carbocycles. The van der Waals surface area contributed by atoms with Gasteiger partial charge >= 0.3 is 0 Å². The lowest BCUT2D eigenvalue weighted by atomic mass is 10.1.